The first-order valence-corrected chi connectivity index (χ1v) is 5.83. The number of alkyl halides is 1. The average Bonchev–Trinajstić information content (AvgIpc) is 2.16. The molecule has 0 heterocycles. The van der Waals surface area contributed by atoms with Crippen molar-refractivity contribution in [2.75, 3.05) is 5.88 Å². The lowest BCUT2D eigenvalue weighted by Gasteiger charge is -2.07. The molecule has 0 amide bonds. The zero-order valence-electron chi connectivity index (χ0n) is 7.77. The van der Waals surface area contributed by atoms with Gasteiger partial charge in [-0.2, -0.15) is 11.8 Å². The Bertz CT molecular complexity index is 304. The smallest absolute Gasteiger partial charge is 0.130 e. The summed E-state index contributed by atoms with van der Waals surface area (Å²) in [6, 6.07) is 3.64. The largest absolute Gasteiger partial charge is 0.207 e. The van der Waals surface area contributed by atoms with E-state index in [0.717, 1.165) is 6.07 Å². The first kappa shape index (κ1) is 11.8. The Kier molecular flexibility index (Phi) is 4.69. The molecule has 0 aliphatic heterocycles. The van der Waals surface area contributed by atoms with Crippen LogP contribution in [0.5, 0.6) is 0 Å². The van der Waals surface area contributed by atoms with Crippen LogP contribution < -0.4 is 0 Å². The molecular weight excluding hydrogens is 226 g/mol. The van der Waals surface area contributed by atoms with E-state index >= 15 is 0 Å². The van der Waals surface area contributed by atoms with E-state index in [1.54, 1.807) is 11.8 Å². The van der Waals surface area contributed by atoms with Gasteiger partial charge in [0.15, 0.2) is 0 Å². The summed E-state index contributed by atoms with van der Waals surface area (Å²) < 4.78 is 25.7. The van der Waals surface area contributed by atoms with Crippen molar-refractivity contribution in [1.29, 1.82) is 0 Å². The fourth-order valence-corrected chi connectivity index (χ4v) is 1.97. The molecule has 0 fully saturated rings. The van der Waals surface area contributed by atoms with Gasteiger partial charge in [0.1, 0.15) is 11.6 Å². The molecule has 1 unspecified atom stereocenters. The predicted octanol–water partition coefficient (Wildman–Crippen LogP) is 3.83. The summed E-state index contributed by atoms with van der Waals surface area (Å²) in [5, 5.41) is 0.279. The molecule has 4 heteroatoms. The molecule has 1 atom stereocenters. The van der Waals surface area contributed by atoms with Crippen molar-refractivity contribution < 1.29 is 8.78 Å². The number of thioether (sulfide) groups is 1. The van der Waals surface area contributed by atoms with Crippen molar-refractivity contribution in [1.82, 2.24) is 0 Å². The Balaban J connectivity index is 2.59. The van der Waals surface area contributed by atoms with Crippen LogP contribution in [0.25, 0.3) is 0 Å². The van der Waals surface area contributed by atoms with Crippen LogP contribution in [0.1, 0.15) is 12.5 Å². The van der Waals surface area contributed by atoms with Crippen LogP contribution >= 0.6 is 23.4 Å². The van der Waals surface area contributed by atoms with Crippen LogP contribution in [0.2, 0.25) is 0 Å². The highest BCUT2D eigenvalue weighted by Gasteiger charge is 2.06. The molecule has 1 rings (SSSR count). The summed E-state index contributed by atoms with van der Waals surface area (Å²) in [7, 11) is 0. The van der Waals surface area contributed by atoms with Gasteiger partial charge in [0, 0.05) is 22.9 Å². The normalized spacial score (nSPS) is 12.9. The number of halogens is 3. The molecule has 0 N–H and O–H groups in total. The minimum atomic E-state index is -0.540. The summed E-state index contributed by atoms with van der Waals surface area (Å²) in [4.78, 5) is 0. The molecule has 78 valence electrons. The first-order chi connectivity index (χ1) is 6.63. The number of hydrogen-bond donors (Lipinski definition) is 0. The maximum atomic E-state index is 13.1. The Morgan fingerprint density at radius 1 is 1.43 bits per heavy atom. The van der Waals surface area contributed by atoms with E-state index < -0.39 is 11.6 Å². The van der Waals surface area contributed by atoms with E-state index in [9.17, 15) is 8.78 Å². The summed E-state index contributed by atoms with van der Waals surface area (Å²) in [6.07, 6.45) is 0. The third kappa shape index (κ3) is 3.46. The Morgan fingerprint density at radius 3 is 2.71 bits per heavy atom. The zero-order valence-corrected chi connectivity index (χ0v) is 9.34. The highest BCUT2D eigenvalue weighted by molar-refractivity contribution is 7.99. The minimum absolute atomic E-state index is 0.279. The Labute approximate surface area is 91.6 Å². The molecule has 0 saturated heterocycles. The van der Waals surface area contributed by atoms with E-state index in [-0.39, 0.29) is 5.25 Å². The second-order valence-corrected chi connectivity index (χ2v) is 4.75. The van der Waals surface area contributed by atoms with E-state index in [2.05, 4.69) is 0 Å². The van der Waals surface area contributed by atoms with Gasteiger partial charge < -0.3 is 0 Å². The summed E-state index contributed by atoms with van der Waals surface area (Å²) >= 11 is 7.16. The number of rotatable bonds is 4. The third-order valence-corrected chi connectivity index (χ3v) is 3.62. The van der Waals surface area contributed by atoms with E-state index in [1.165, 1.54) is 12.1 Å². The highest BCUT2D eigenvalue weighted by Crippen LogP contribution is 2.20. The molecule has 14 heavy (non-hydrogen) atoms. The minimum Gasteiger partial charge on any atom is -0.207 e. The van der Waals surface area contributed by atoms with Crippen LogP contribution in [0.15, 0.2) is 18.2 Å². The number of benzene rings is 1. The van der Waals surface area contributed by atoms with Gasteiger partial charge in [-0.3, -0.25) is 0 Å². The number of hydrogen-bond acceptors (Lipinski definition) is 1. The van der Waals surface area contributed by atoms with Gasteiger partial charge in [-0.15, -0.1) is 11.6 Å². The van der Waals surface area contributed by atoms with Crippen molar-refractivity contribution in [2.24, 2.45) is 0 Å². The molecule has 0 nitrogen and oxygen atoms in total. The van der Waals surface area contributed by atoms with Gasteiger partial charge in [-0.25, -0.2) is 8.78 Å². The fraction of sp³-hybridized carbons (Fsp3) is 0.400. The third-order valence-electron chi connectivity index (χ3n) is 1.76. The summed E-state index contributed by atoms with van der Waals surface area (Å²) in [5.41, 5.74) is 0.522. The maximum Gasteiger partial charge on any atom is 0.130 e. The van der Waals surface area contributed by atoms with Crippen molar-refractivity contribution in [2.45, 2.75) is 17.9 Å². The molecule has 1 aromatic rings. The lowest BCUT2D eigenvalue weighted by molar-refractivity contribution is 0.576. The van der Waals surface area contributed by atoms with Gasteiger partial charge in [0.25, 0.3) is 0 Å². The van der Waals surface area contributed by atoms with Gasteiger partial charge in [-0.05, 0) is 11.6 Å². The van der Waals surface area contributed by atoms with Crippen molar-refractivity contribution in [3.05, 3.63) is 35.4 Å². The van der Waals surface area contributed by atoms with Gasteiger partial charge >= 0.3 is 0 Å². The molecule has 0 aromatic heterocycles. The quantitative estimate of drug-likeness (QED) is 0.716. The van der Waals surface area contributed by atoms with Gasteiger partial charge in [0.2, 0.25) is 0 Å². The Morgan fingerprint density at radius 2 is 2.14 bits per heavy atom. The van der Waals surface area contributed by atoms with Crippen LogP contribution in [-0.2, 0) is 5.75 Å². The molecule has 0 bridgehead atoms. The van der Waals surface area contributed by atoms with E-state index in [0.29, 0.717) is 17.2 Å². The zero-order chi connectivity index (χ0) is 10.6. The second kappa shape index (κ2) is 5.56. The van der Waals surface area contributed by atoms with Crippen molar-refractivity contribution >= 4 is 23.4 Å². The Hall–Kier alpha value is -0.280. The molecule has 0 radical (unpaired) electrons. The summed E-state index contributed by atoms with van der Waals surface area (Å²) in [6.45, 7) is 1.97. The lowest BCUT2D eigenvalue weighted by atomic mass is 10.2. The standard InChI is InChI=1S/C10H11ClF2S/c1-7(5-11)14-6-8-2-3-9(12)4-10(8)13/h2-4,7H,5-6H2,1H3. The molecule has 0 aliphatic carbocycles. The SMILES string of the molecule is CC(CCl)SCc1ccc(F)cc1F. The molecular formula is C10H11ClF2S. The highest BCUT2D eigenvalue weighted by atomic mass is 35.5. The van der Waals surface area contributed by atoms with Crippen LogP contribution in [-0.4, -0.2) is 11.1 Å². The van der Waals surface area contributed by atoms with Gasteiger partial charge in [0.05, 0.1) is 0 Å². The van der Waals surface area contributed by atoms with Crippen LogP contribution in [0.4, 0.5) is 8.78 Å². The monoisotopic (exact) mass is 236 g/mol. The molecule has 0 saturated carbocycles. The van der Waals surface area contributed by atoms with Crippen molar-refractivity contribution in [3.8, 4) is 0 Å². The average molecular weight is 237 g/mol. The fourth-order valence-electron chi connectivity index (χ4n) is 0.915. The van der Waals surface area contributed by atoms with E-state index in [1.807, 2.05) is 6.92 Å². The first-order valence-electron chi connectivity index (χ1n) is 4.25. The van der Waals surface area contributed by atoms with Crippen LogP contribution in [0.3, 0.4) is 0 Å². The summed E-state index contributed by atoms with van der Waals surface area (Å²) in [5.74, 6) is 0.0360. The molecule has 0 spiro atoms. The molecule has 0 aliphatic rings. The predicted molar refractivity (Wildman–Crippen MR) is 57.8 cm³/mol. The van der Waals surface area contributed by atoms with E-state index in [4.69, 9.17) is 11.6 Å². The van der Waals surface area contributed by atoms with Crippen molar-refractivity contribution in [3.63, 3.8) is 0 Å². The van der Waals surface area contributed by atoms with Gasteiger partial charge in [-0.1, -0.05) is 13.0 Å². The lowest BCUT2D eigenvalue weighted by Crippen LogP contribution is -1.99. The van der Waals surface area contributed by atoms with Crippen LogP contribution in [0, 0.1) is 11.6 Å². The maximum absolute atomic E-state index is 13.1. The topological polar surface area (TPSA) is 0 Å². The second-order valence-electron chi connectivity index (χ2n) is 3.01. The molecule has 1 aromatic carbocycles.